The Hall–Kier alpha value is -1.06. The van der Waals surface area contributed by atoms with Crippen molar-refractivity contribution in [2.75, 3.05) is 6.54 Å². The number of hydrogen-bond acceptors (Lipinski definition) is 2. The van der Waals surface area contributed by atoms with Gasteiger partial charge in [-0.25, -0.2) is 0 Å². The third-order valence-corrected chi connectivity index (χ3v) is 4.29. The van der Waals surface area contributed by atoms with Gasteiger partial charge in [-0.3, -0.25) is 4.68 Å². The van der Waals surface area contributed by atoms with E-state index in [9.17, 15) is 0 Å². The number of hydrogen-bond donors (Lipinski definition) is 1. The molecule has 0 saturated heterocycles. The van der Waals surface area contributed by atoms with Crippen LogP contribution in [0.4, 0.5) is 0 Å². The Morgan fingerprint density at radius 1 is 1.37 bits per heavy atom. The molecule has 0 radical (unpaired) electrons. The first-order chi connectivity index (χ1) is 9.28. The molecule has 0 spiro atoms. The number of halogens is 1. The fraction of sp³-hybridized carbons (Fsp3) is 0.533. The minimum absolute atomic E-state index is 0.409. The van der Waals surface area contributed by atoms with Crippen molar-refractivity contribution in [3.05, 3.63) is 30.0 Å². The predicted octanol–water partition coefficient (Wildman–Crippen LogP) is 3.16. The second-order valence-corrected chi connectivity index (χ2v) is 5.96. The second kappa shape index (κ2) is 5.51. The zero-order valence-electron chi connectivity index (χ0n) is 11.3. The summed E-state index contributed by atoms with van der Waals surface area (Å²) >= 11 is 6.00. The number of aryl methyl sites for hydroxylation is 1. The van der Waals surface area contributed by atoms with E-state index >= 15 is 0 Å². The van der Waals surface area contributed by atoms with Gasteiger partial charge in [0.1, 0.15) is 0 Å². The predicted molar refractivity (Wildman–Crippen MR) is 79.5 cm³/mol. The zero-order valence-corrected chi connectivity index (χ0v) is 12.0. The second-order valence-electron chi connectivity index (χ2n) is 5.35. The van der Waals surface area contributed by atoms with Crippen LogP contribution in [0.3, 0.4) is 0 Å². The van der Waals surface area contributed by atoms with Crippen molar-refractivity contribution >= 4 is 22.5 Å². The number of fused-ring (bicyclic) bond motifs is 1. The van der Waals surface area contributed by atoms with Crippen molar-refractivity contribution in [1.29, 1.82) is 0 Å². The maximum Gasteiger partial charge on any atom is 0.0841 e. The van der Waals surface area contributed by atoms with E-state index < -0.39 is 0 Å². The third kappa shape index (κ3) is 2.63. The first-order valence-corrected chi connectivity index (χ1v) is 7.50. The largest absolute Gasteiger partial charge is 0.311 e. The zero-order chi connectivity index (χ0) is 13.2. The van der Waals surface area contributed by atoms with E-state index in [0.29, 0.717) is 5.38 Å². The van der Waals surface area contributed by atoms with Crippen LogP contribution in [0.25, 0.3) is 10.9 Å². The van der Waals surface area contributed by atoms with Crippen LogP contribution in [0.5, 0.6) is 0 Å². The van der Waals surface area contributed by atoms with Crippen LogP contribution < -0.4 is 5.32 Å². The number of nitrogens with zero attached hydrogens (tertiary/aromatic N) is 2. The lowest BCUT2D eigenvalue weighted by atomic mass is 9.85. The fourth-order valence-electron chi connectivity index (χ4n) is 2.78. The van der Waals surface area contributed by atoms with Crippen molar-refractivity contribution < 1.29 is 0 Å². The van der Waals surface area contributed by atoms with Gasteiger partial charge in [0.15, 0.2) is 0 Å². The van der Waals surface area contributed by atoms with E-state index in [1.54, 1.807) is 0 Å². The molecule has 0 atom stereocenters. The Kier molecular flexibility index (Phi) is 3.76. The van der Waals surface area contributed by atoms with Crippen molar-refractivity contribution in [2.24, 2.45) is 5.92 Å². The van der Waals surface area contributed by atoms with E-state index in [2.05, 4.69) is 41.2 Å². The smallest absolute Gasteiger partial charge is 0.0841 e. The van der Waals surface area contributed by atoms with Gasteiger partial charge in [0.05, 0.1) is 11.2 Å². The number of benzene rings is 1. The molecule has 1 heterocycles. The average molecular weight is 278 g/mol. The molecule has 1 N–H and O–H groups in total. The molecule has 0 unspecified atom stereocenters. The molecular formula is C15H20ClN3. The molecule has 4 heteroatoms. The Balaban J connectivity index is 1.67. The van der Waals surface area contributed by atoms with E-state index in [1.807, 2.05) is 0 Å². The van der Waals surface area contributed by atoms with Gasteiger partial charge < -0.3 is 5.32 Å². The minimum atomic E-state index is 0.409. The summed E-state index contributed by atoms with van der Waals surface area (Å²) in [6, 6.07) is 8.45. The summed E-state index contributed by atoms with van der Waals surface area (Å²) in [4.78, 5) is 0. The van der Waals surface area contributed by atoms with Gasteiger partial charge in [-0.2, -0.15) is 5.10 Å². The topological polar surface area (TPSA) is 29.9 Å². The lowest BCUT2D eigenvalue weighted by molar-refractivity contribution is 0.308. The molecule has 1 saturated carbocycles. The number of rotatable bonds is 5. The van der Waals surface area contributed by atoms with Gasteiger partial charge in [0.25, 0.3) is 0 Å². The average Bonchev–Trinajstić information content (AvgIpc) is 2.75. The van der Waals surface area contributed by atoms with Gasteiger partial charge >= 0.3 is 0 Å². The molecule has 0 aliphatic heterocycles. The van der Waals surface area contributed by atoms with Gasteiger partial charge in [-0.15, -0.1) is 11.6 Å². The van der Waals surface area contributed by atoms with Gasteiger partial charge in [-0.1, -0.05) is 18.2 Å². The lowest BCUT2D eigenvalue weighted by Gasteiger charge is -2.30. The molecule has 102 valence electrons. The molecule has 1 aromatic heterocycles. The standard InChI is InChI=1S/C15H20ClN3/c1-2-19-15-6-4-3-5-13(15)14(18-19)10-17-9-11-7-12(16)8-11/h3-6,11-12,17H,2,7-10H2,1H3. The number of nitrogens with one attached hydrogen (secondary N) is 1. The Labute approximate surface area is 118 Å². The summed E-state index contributed by atoms with van der Waals surface area (Å²) < 4.78 is 2.07. The van der Waals surface area contributed by atoms with Crippen LogP contribution in [0.2, 0.25) is 0 Å². The van der Waals surface area contributed by atoms with Crippen molar-refractivity contribution in [3.63, 3.8) is 0 Å². The quantitative estimate of drug-likeness (QED) is 0.851. The van der Waals surface area contributed by atoms with Crippen molar-refractivity contribution in [2.45, 2.75) is 38.2 Å². The Bertz CT molecular complexity index is 558. The molecule has 0 bridgehead atoms. The maximum atomic E-state index is 6.00. The van der Waals surface area contributed by atoms with Crippen LogP contribution >= 0.6 is 11.6 Å². The Morgan fingerprint density at radius 3 is 2.89 bits per heavy atom. The minimum Gasteiger partial charge on any atom is -0.311 e. The van der Waals surface area contributed by atoms with Crippen LogP contribution in [0.1, 0.15) is 25.5 Å². The van der Waals surface area contributed by atoms with E-state index in [4.69, 9.17) is 16.7 Å². The van der Waals surface area contributed by atoms with Gasteiger partial charge in [-0.05, 0) is 38.3 Å². The number of aromatic nitrogens is 2. The highest BCUT2D eigenvalue weighted by atomic mass is 35.5. The number of alkyl halides is 1. The maximum absolute atomic E-state index is 6.00. The summed E-state index contributed by atoms with van der Waals surface area (Å²) in [5.74, 6) is 0.752. The van der Waals surface area contributed by atoms with Crippen LogP contribution in [0.15, 0.2) is 24.3 Å². The first-order valence-electron chi connectivity index (χ1n) is 7.07. The summed E-state index contributed by atoms with van der Waals surface area (Å²) in [5, 5.41) is 9.88. The lowest BCUT2D eigenvalue weighted by Crippen LogP contribution is -2.33. The molecule has 1 fully saturated rings. The molecule has 0 amide bonds. The molecule has 2 aromatic rings. The highest BCUT2D eigenvalue weighted by molar-refractivity contribution is 6.21. The molecule has 3 rings (SSSR count). The van der Waals surface area contributed by atoms with Gasteiger partial charge in [0, 0.05) is 23.9 Å². The highest BCUT2D eigenvalue weighted by Gasteiger charge is 2.26. The molecular weight excluding hydrogens is 258 g/mol. The summed E-state index contributed by atoms with van der Waals surface area (Å²) in [6.45, 7) is 4.94. The monoisotopic (exact) mass is 277 g/mol. The fourth-order valence-corrected chi connectivity index (χ4v) is 3.29. The van der Waals surface area contributed by atoms with Crippen LogP contribution in [-0.2, 0) is 13.1 Å². The summed E-state index contributed by atoms with van der Waals surface area (Å²) in [7, 11) is 0. The normalized spacial score (nSPS) is 22.6. The molecule has 3 nitrogen and oxygen atoms in total. The van der Waals surface area contributed by atoms with Gasteiger partial charge in [0.2, 0.25) is 0 Å². The van der Waals surface area contributed by atoms with Crippen molar-refractivity contribution in [3.8, 4) is 0 Å². The highest BCUT2D eigenvalue weighted by Crippen LogP contribution is 2.31. The summed E-state index contributed by atoms with van der Waals surface area (Å²) in [5.41, 5.74) is 2.38. The van der Waals surface area contributed by atoms with Crippen LogP contribution in [0, 0.1) is 5.92 Å². The SMILES string of the molecule is CCn1nc(CNCC2CC(Cl)C2)c2ccccc21. The molecule has 1 aliphatic rings. The molecule has 19 heavy (non-hydrogen) atoms. The third-order valence-electron chi connectivity index (χ3n) is 3.94. The molecule has 1 aromatic carbocycles. The first kappa shape index (κ1) is 12.9. The summed E-state index contributed by atoms with van der Waals surface area (Å²) in [6.07, 6.45) is 2.30. The number of para-hydroxylation sites is 1. The van der Waals surface area contributed by atoms with Crippen LogP contribution in [-0.4, -0.2) is 21.7 Å². The van der Waals surface area contributed by atoms with E-state index in [-0.39, 0.29) is 0 Å². The Morgan fingerprint density at radius 2 is 2.16 bits per heavy atom. The van der Waals surface area contributed by atoms with E-state index in [0.717, 1.165) is 44.1 Å². The van der Waals surface area contributed by atoms with Crippen molar-refractivity contribution in [1.82, 2.24) is 15.1 Å². The molecule has 1 aliphatic carbocycles. The van der Waals surface area contributed by atoms with E-state index in [1.165, 1.54) is 10.9 Å².